The average Bonchev–Trinajstić information content (AvgIpc) is 2.42. The van der Waals surface area contributed by atoms with Gasteiger partial charge in [-0.05, 0) is 51.8 Å². The molecule has 128 valence electrons. The number of rotatable bonds is 8. The first-order chi connectivity index (χ1) is 10.6. The van der Waals surface area contributed by atoms with Crippen LogP contribution in [0.2, 0.25) is 39.3 Å². The minimum atomic E-state index is -1.69. The Hall–Kier alpha value is -1.41. The Morgan fingerprint density at radius 3 is 1.91 bits per heavy atom. The molecular weight excluding hydrogens is 320 g/mol. The van der Waals surface area contributed by atoms with Gasteiger partial charge in [-0.25, -0.2) is 0 Å². The van der Waals surface area contributed by atoms with Crippen molar-refractivity contribution < 1.29 is 9.05 Å². The van der Waals surface area contributed by atoms with Gasteiger partial charge >= 0.3 is 0 Å². The molecule has 0 spiro atoms. The first kappa shape index (κ1) is 19.6. The van der Waals surface area contributed by atoms with E-state index in [-0.39, 0.29) is 0 Å². The van der Waals surface area contributed by atoms with Crippen LogP contribution in [-0.2, 0) is 15.5 Å². The normalized spacial score (nSPS) is 13.9. The largest absolute Gasteiger partial charge is 0.456 e. The number of hydrogen-bond donors (Lipinski definition) is 0. The molecule has 6 heteroatoms. The van der Waals surface area contributed by atoms with Gasteiger partial charge in [-0.15, -0.1) is 10.3 Å². The monoisotopic (exact) mass is 350 g/mol. The Balaban J connectivity index is 2.83. The third-order valence-corrected chi connectivity index (χ3v) is 3.91. The van der Waals surface area contributed by atoms with Crippen LogP contribution in [0.15, 0.2) is 40.6 Å². The van der Waals surface area contributed by atoms with Crippen molar-refractivity contribution in [3.8, 4) is 0 Å². The zero-order valence-corrected chi connectivity index (χ0v) is 17.5. The SMILES string of the molecule is C/C(C/C(Cc1ccccc1)=N\O[Si](C)(C)C)=N\O[Si](C)(C)C. The number of nitrogens with zero attached hydrogens (tertiary/aromatic N) is 2. The van der Waals surface area contributed by atoms with Crippen molar-refractivity contribution in [2.45, 2.75) is 59.0 Å². The molecule has 0 aliphatic heterocycles. The van der Waals surface area contributed by atoms with Crippen LogP contribution in [0, 0.1) is 0 Å². The fourth-order valence-electron chi connectivity index (χ4n) is 1.70. The summed E-state index contributed by atoms with van der Waals surface area (Å²) in [6, 6.07) is 10.3. The van der Waals surface area contributed by atoms with Crippen LogP contribution in [0.4, 0.5) is 0 Å². The lowest BCUT2D eigenvalue weighted by Crippen LogP contribution is -2.24. The maximum absolute atomic E-state index is 5.75. The average molecular weight is 351 g/mol. The molecule has 0 bridgehead atoms. The fourth-order valence-corrected chi connectivity index (χ4v) is 2.54. The summed E-state index contributed by atoms with van der Waals surface area (Å²) in [7, 11) is -3.33. The van der Waals surface area contributed by atoms with Crippen LogP contribution in [-0.4, -0.2) is 28.1 Å². The molecule has 0 fully saturated rings. The molecule has 1 aromatic carbocycles. The van der Waals surface area contributed by atoms with E-state index in [9.17, 15) is 0 Å². The molecule has 0 aliphatic rings. The Kier molecular flexibility index (Phi) is 7.21. The molecule has 0 saturated heterocycles. The summed E-state index contributed by atoms with van der Waals surface area (Å²) >= 11 is 0. The molecule has 0 N–H and O–H groups in total. The molecule has 0 amide bonds. The summed E-state index contributed by atoms with van der Waals surface area (Å²) in [5.74, 6) is 0. The van der Waals surface area contributed by atoms with Crippen molar-refractivity contribution in [1.82, 2.24) is 0 Å². The molecule has 23 heavy (non-hydrogen) atoms. The topological polar surface area (TPSA) is 43.2 Å². The lowest BCUT2D eigenvalue weighted by molar-refractivity contribution is 0.331. The van der Waals surface area contributed by atoms with Crippen LogP contribution in [0.1, 0.15) is 18.9 Å². The van der Waals surface area contributed by atoms with Crippen LogP contribution in [0.5, 0.6) is 0 Å². The van der Waals surface area contributed by atoms with Gasteiger partial charge in [0.05, 0.1) is 11.4 Å². The minimum absolute atomic E-state index is 0.670. The Bertz CT molecular complexity index is 544. The molecule has 0 unspecified atom stereocenters. The van der Waals surface area contributed by atoms with Crippen molar-refractivity contribution in [2.75, 3.05) is 0 Å². The molecule has 1 rings (SSSR count). The summed E-state index contributed by atoms with van der Waals surface area (Å²) in [6.07, 6.45) is 1.44. The van der Waals surface area contributed by atoms with Gasteiger partial charge in [-0.3, -0.25) is 0 Å². The number of benzene rings is 1. The van der Waals surface area contributed by atoms with Gasteiger partial charge in [0.2, 0.25) is 0 Å². The van der Waals surface area contributed by atoms with Crippen molar-refractivity contribution in [3.63, 3.8) is 0 Å². The van der Waals surface area contributed by atoms with Crippen LogP contribution in [0.25, 0.3) is 0 Å². The Labute approximate surface area is 142 Å². The van der Waals surface area contributed by atoms with Gasteiger partial charge in [0.25, 0.3) is 16.6 Å². The molecular formula is C17H30N2O2Si2. The van der Waals surface area contributed by atoms with Gasteiger partial charge < -0.3 is 9.05 Å². The van der Waals surface area contributed by atoms with E-state index in [0.717, 1.165) is 17.8 Å². The van der Waals surface area contributed by atoms with Gasteiger partial charge in [-0.1, -0.05) is 30.3 Å². The van der Waals surface area contributed by atoms with Gasteiger partial charge in [-0.2, -0.15) is 0 Å². The molecule has 0 aromatic heterocycles. The standard InChI is InChI=1S/C17H30N2O2Si2/c1-15(18-20-22(2,3)4)13-17(19-21-23(5,6)7)14-16-11-9-8-10-12-16/h8-12H,13-14H2,1-7H3/b18-15+,19-17+. The van der Waals surface area contributed by atoms with E-state index in [4.69, 9.17) is 9.05 Å². The highest BCUT2D eigenvalue weighted by Crippen LogP contribution is 2.10. The second-order valence-electron chi connectivity index (χ2n) is 7.73. The summed E-state index contributed by atoms with van der Waals surface area (Å²) in [6.45, 7) is 14.7. The molecule has 0 radical (unpaired) electrons. The smallest absolute Gasteiger partial charge is 0.278 e. The molecule has 0 heterocycles. The van der Waals surface area contributed by atoms with Crippen molar-refractivity contribution in [2.24, 2.45) is 10.3 Å². The third-order valence-electron chi connectivity index (χ3n) is 2.63. The van der Waals surface area contributed by atoms with Crippen LogP contribution in [0.3, 0.4) is 0 Å². The van der Waals surface area contributed by atoms with E-state index in [1.165, 1.54) is 5.56 Å². The molecule has 4 nitrogen and oxygen atoms in total. The second kappa shape index (κ2) is 8.45. The van der Waals surface area contributed by atoms with Crippen LogP contribution >= 0.6 is 0 Å². The summed E-state index contributed by atoms with van der Waals surface area (Å²) in [4.78, 5) is 0. The van der Waals surface area contributed by atoms with Crippen molar-refractivity contribution in [1.29, 1.82) is 0 Å². The second-order valence-corrected chi connectivity index (χ2v) is 16.5. The number of hydrogen-bond acceptors (Lipinski definition) is 4. The predicted octanol–water partition coefficient (Wildman–Crippen LogP) is 5.05. The highest BCUT2D eigenvalue weighted by molar-refractivity contribution is 6.70. The van der Waals surface area contributed by atoms with Crippen molar-refractivity contribution in [3.05, 3.63) is 35.9 Å². The maximum atomic E-state index is 5.75. The van der Waals surface area contributed by atoms with E-state index in [2.05, 4.69) is 61.7 Å². The first-order valence-corrected chi connectivity index (χ1v) is 14.9. The third kappa shape index (κ3) is 10.1. The summed E-state index contributed by atoms with van der Waals surface area (Å²) in [5.41, 5.74) is 3.14. The quantitative estimate of drug-likeness (QED) is 0.374. The Morgan fingerprint density at radius 1 is 0.870 bits per heavy atom. The highest BCUT2D eigenvalue weighted by Gasteiger charge is 2.18. The lowest BCUT2D eigenvalue weighted by atomic mass is 10.0. The first-order valence-electron chi connectivity index (χ1n) is 8.05. The minimum Gasteiger partial charge on any atom is -0.456 e. The summed E-state index contributed by atoms with van der Waals surface area (Å²) < 4.78 is 11.4. The summed E-state index contributed by atoms with van der Waals surface area (Å²) in [5, 5.41) is 8.70. The number of oxime groups is 2. The highest BCUT2D eigenvalue weighted by atomic mass is 28.4. The molecule has 0 atom stereocenters. The lowest BCUT2D eigenvalue weighted by Gasteiger charge is -2.16. The fraction of sp³-hybridized carbons (Fsp3) is 0.529. The van der Waals surface area contributed by atoms with E-state index >= 15 is 0 Å². The molecule has 0 saturated carbocycles. The van der Waals surface area contributed by atoms with E-state index < -0.39 is 16.6 Å². The van der Waals surface area contributed by atoms with E-state index in [0.29, 0.717) is 6.42 Å². The van der Waals surface area contributed by atoms with Gasteiger partial charge in [0.1, 0.15) is 0 Å². The zero-order valence-electron chi connectivity index (χ0n) is 15.5. The zero-order chi connectivity index (χ0) is 17.5. The Morgan fingerprint density at radius 2 is 1.39 bits per heavy atom. The van der Waals surface area contributed by atoms with Gasteiger partial charge in [0.15, 0.2) is 0 Å². The van der Waals surface area contributed by atoms with Crippen molar-refractivity contribution >= 4 is 28.1 Å². The van der Waals surface area contributed by atoms with Crippen LogP contribution < -0.4 is 0 Å². The van der Waals surface area contributed by atoms with E-state index in [1.807, 2.05) is 25.1 Å². The maximum Gasteiger partial charge on any atom is 0.278 e. The molecule has 0 aliphatic carbocycles. The van der Waals surface area contributed by atoms with Gasteiger partial charge in [0, 0.05) is 12.8 Å². The molecule has 1 aromatic rings. The predicted molar refractivity (Wildman–Crippen MR) is 104 cm³/mol. The van der Waals surface area contributed by atoms with E-state index in [1.54, 1.807) is 0 Å².